The highest BCUT2D eigenvalue weighted by Gasteiger charge is 2.50. The molecular formula is C22H20O3. The first-order valence-electron chi connectivity index (χ1n) is 9.00. The molecular weight excluding hydrogens is 312 g/mol. The predicted octanol–water partition coefficient (Wildman–Crippen LogP) is 3.49. The Morgan fingerprint density at radius 3 is 2.60 bits per heavy atom. The van der Waals surface area contributed by atoms with E-state index < -0.39 is 5.41 Å². The van der Waals surface area contributed by atoms with Gasteiger partial charge in [0.25, 0.3) is 0 Å². The van der Waals surface area contributed by atoms with Gasteiger partial charge in [0.05, 0.1) is 12.7 Å². The fourth-order valence-electron chi connectivity index (χ4n) is 5.24. The van der Waals surface area contributed by atoms with E-state index in [9.17, 15) is 9.59 Å². The molecule has 0 bridgehead atoms. The number of esters is 1. The summed E-state index contributed by atoms with van der Waals surface area (Å²) >= 11 is 0. The van der Waals surface area contributed by atoms with Crippen molar-refractivity contribution in [2.24, 2.45) is 5.41 Å². The third-order valence-corrected chi connectivity index (χ3v) is 6.31. The minimum atomic E-state index is -0.399. The fraction of sp³-hybridized carbons (Fsp3) is 0.364. The minimum Gasteiger partial charge on any atom is -0.465 e. The van der Waals surface area contributed by atoms with Crippen LogP contribution in [-0.2, 0) is 36.8 Å². The van der Waals surface area contributed by atoms with Crippen molar-refractivity contribution in [3.63, 3.8) is 0 Å². The lowest BCUT2D eigenvalue weighted by Crippen LogP contribution is -2.28. The molecule has 0 aromatic heterocycles. The van der Waals surface area contributed by atoms with Crippen LogP contribution in [0.1, 0.15) is 55.0 Å². The maximum absolute atomic E-state index is 13.2. The highest BCUT2D eigenvalue weighted by molar-refractivity contribution is 6.06. The third kappa shape index (κ3) is 1.92. The van der Waals surface area contributed by atoms with Gasteiger partial charge in [0.15, 0.2) is 5.78 Å². The van der Waals surface area contributed by atoms with Gasteiger partial charge in [-0.15, -0.1) is 0 Å². The molecule has 0 aliphatic heterocycles. The van der Waals surface area contributed by atoms with Crippen molar-refractivity contribution in [1.82, 2.24) is 0 Å². The number of fused-ring (bicyclic) bond motifs is 3. The van der Waals surface area contributed by atoms with Gasteiger partial charge >= 0.3 is 5.97 Å². The number of ether oxygens (including phenoxy) is 1. The number of hydrogen-bond acceptors (Lipinski definition) is 3. The van der Waals surface area contributed by atoms with E-state index >= 15 is 0 Å². The molecule has 25 heavy (non-hydrogen) atoms. The largest absolute Gasteiger partial charge is 0.465 e. The lowest BCUT2D eigenvalue weighted by Gasteiger charge is -2.20. The number of rotatable bonds is 1. The molecule has 0 N–H and O–H groups in total. The highest BCUT2D eigenvalue weighted by Crippen LogP contribution is 2.49. The number of Topliss-reactive ketones (excluding diaryl/α,β-unsaturated/α-hetero) is 1. The zero-order valence-corrected chi connectivity index (χ0v) is 14.4. The van der Waals surface area contributed by atoms with Gasteiger partial charge in [-0.3, -0.25) is 4.79 Å². The van der Waals surface area contributed by atoms with Gasteiger partial charge in [0.2, 0.25) is 0 Å². The molecule has 2 aromatic carbocycles. The van der Waals surface area contributed by atoms with Gasteiger partial charge in [0, 0.05) is 11.0 Å². The molecule has 0 heterocycles. The molecule has 0 fully saturated rings. The van der Waals surface area contributed by atoms with E-state index in [-0.39, 0.29) is 11.8 Å². The zero-order chi connectivity index (χ0) is 17.2. The van der Waals surface area contributed by atoms with Gasteiger partial charge < -0.3 is 4.74 Å². The van der Waals surface area contributed by atoms with Gasteiger partial charge in [0.1, 0.15) is 0 Å². The topological polar surface area (TPSA) is 43.4 Å². The van der Waals surface area contributed by atoms with Crippen LogP contribution in [0.5, 0.6) is 0 Å². The number of hydrogen-bond donors (Lipinski definition) is 0. The van der Waals surface area contributed by atoms with Crippen LogP contribution in [0, 0.1) is 5.41 Å². The van der Waals surface area contributed by atoms with Crippen LogP contribution in [0.2, 0.25) is 0 Å². The molecule has 0 amide bonds. The first kappa shape index (κ1) is 14.9. The number of methoxy groups -OCH3 is 1. The average molecular weight is 332 g/mol. The second-order valence-corrected chi connectivity index (χ2v) is 7.67. The van der Waals surface area contributed by atoms with E-state index in [1.807, 2.05) is 18.2 Å². The first-order valence-corrected chi connectivity index (χ1v) is 9.00. The maximum atomic E-state index is 13.2. The van der Waals surface area contributed by atoms with Crippen LogP contribution < -0.4 is 0 Å². The Balaban J connectivity index is 1.64. The Morgan fingerprint density at radius 2 is 1.80 bits per heavy atom. The summed E-state index contributed by atoms with van der Waals surface area (Å²) in [6.45, 7) is 0. The van der Waals surface area contributed by atoms with E-state index in [0.717, 1.165) is 59.9 Å². The van der Waals surface area contributed by atoms with E-state index in [2.05, 4.69) is 12.1 Å². The van der Waals surface area contributed by atoms with Crippen LogP contribution in [0.25, 0.3) is 0 Å². The van der Waals surface area contributed by atoms with Gasteiger partial charge in [-0.2, -0.15) is 0 Å². The lowest BCUT2D eigenvalue weighted by molar-refractivity contribution is 0.0597. The van der Waals surface area contributed by atoms with Gasteiger partial charge in [-0.1, -0.05) is 30.3 Å². The van der Waals surface area contributed by atoms with Gasteiger partial charge in [-0.05, 0) is 66.3 Å². The summed E-state index contributed by atoms with van der Waals surface area (Å²) in [6.07, 6.45) is 5.24. The Hall–Kier alpha value is -2.42. The second kappa shape index (κ2) is 5.04. The average Bonchev–Trinajstić information content (AvgIpc) is 3.29. The highest BCUT2D eigenvalue weighted by atomic mass is 16.5. The fourth-order valence-corrected chi connectivity index (χ4v) is 5.24. The van der Waals surface area contributed by atoms with Crippen LogP contribution in [0.3, 0.4) is 0 Å². The van der Waals surface area contributed by atoms with Crippen molar-refractivity contribution in [1.29, 1.82) is 0 Å². The summed E-state index contributed by atoms with van der Waals surface area (Å²) in [6, 6.07) is 10.2. The van der Waals surface area contributed by atoms with E-state index in [1.165, 1.54) is 18.2 Å². The smallest absolute Gasteiger partial charge is 0.338 e. The number of aryl methyl sites for hydroxylation is 1. The molecule has 2 aromatic rings. The number of benzene rings is 2. The number of ketones is 1. The summed E-state index contributed by atoms with van der Waals surface area (Å²) in [7, 11) is 1.45. The molecule has 3 heteroatoms. The van der Waals surface area contributed by atoms with Crippen LogP contribution in [0.4, 0.5) is 0 Å². The Bertz CT molecular complexity index is 941. The molecule has 126 valence electrons. The molecule has 1 spiro atoms. The normalized spacial score (nSPS) is 22.8. The van der Waals surface area contributed by atoms with Crippen molar-refractivity contribution < 1.29 is 14.3 Å². The first-order chi connectivity index (χ1) is 12.1. The molecule has 0 saturated heterocycles. The molecule has 3 aliphatic carbocycles. The molecule has 5 rings (SSSR count). The van der Waals surface area contributed by atoms with Crippen molar-refractivity contribution in [3.8, 4) is 0 Å². The summed E-state index contributed by atoms with van der Waals surface area (Å²) < 4.78 is 5.10. The molecule has 3 nitrogen and oxygen atoms in total. The molecule has 3 aliphatic rings. The Morgan fingerprint density at radius 1 is 1.00 bits per heavy atom. The minimum absolute atomic E-state index is 0.241. The van der Waals surface area contributed by atoms with Gasteiger partial charge in [-0.25, -0.2) is 4.79 Å². The molecule has 1 atom stereocenters. The standard InChI is InChI=1S/C22H20O3/c1-25-21(24)19-16-8-4-6-13(16)9-15-11-22(12-18(15)19)10-14-5-2-3-7-17(14)20(22)23/h2-3,5,7,9H,4,6,8,10-12H2,1H3. The monoisotopic (exact) mass is 332 g/mol. The summed E-state index contributed by atoms with van der Waals surface area (Å²) in [5.41, 5.74) is 7.05. The zero-order valence-electron chi connectivity index (χ0n) is 14.4. The van der Waals surface area contributed by atoms with Crippen LogP contribution in [-0.4, -0.2) is 18.9 Å². The summed E-state index contributed by atoms with van der Waals surface area (Å²) in [5.74, 6) is 0.00489. The van der Waals surface area contributed by atoms with Crippen LogP contribution in [0.15, 0.2) is 30.3 Å². The maximum Gasteiger partial charge on any atom is 0.338 e. The summed E-state index contributed by atoms with van der Waals surface area (Å²) in [5, 5.41) is 0. The van der Waals surface area contributed by atoms with Crippen molar-refractivity contribution in [2.45, 2.75) is 38.5 Å². The molecule has 0 saturated carbocycles. The number of carbonyl (C=O) groups is 2. The van der Waals surface area contributed by atoms with E-state index in [1.54, 1.807) is 0 Å². The van der Waals surface area contributed by atoms with E-state index in [4.69, 9.17) is 4.74 Å². The second-order valence-electron chi connectivity index (χ2n) is 7.67. The number of carbonyl (C=O) groups excluding carboxylic acids is 2. The predicted molar refractivity (Wildman–Crippen MR) is 94.1 cm³/mol. The van der Waals surface area contributed by atoms with Crippen molar-refractivity contribution in [2.75, 3.05) is 7.11 Å². The third-order valence-electron chi connectivity index (χ3n) is 6.31. The SMILES string of the molecule is COC(=O)c1c2c(cc3c1CC1(Cc4ccccc4C1=O)C3)CCC2. The summed E-state index contributed by atoms with van der Waals surface area (Å²) in [4.78, 5) is 25.7. The quantitative estimate of drug-likeness (QED) is 0.751. The Labute approximate surface area is 147 Å². The lowest BCUT2D eigenvalue weighted by atomic mass is 9.80. The van der Waals surface area contributed by atoms with Crippen molar-refractivity contribution in [3.05, 3.63) is 69.3 Å². The van der Waals surface area contributed by atoms with Crippen LogP contribution >= 0.6 is 0 Å². The Kier molecular flexibility index (Phi) is 3.00. The molecule has 1 unspecified atom stereocenters. The van der Waals surface area contributed by atoms with Crippen molar-refractivity contribution >= 4 is 11.8 Å². The molecule has 0 radical (unpaired) electrons. The van der Waals surface area contributed by atoms with E-state index in [0.29, 0.717) is 6.42 Å².